The highest BCUT2D eigenvalue weighted by atomic mass is 16.2. The molecular formula is C29H42N2O3. The number of ketones is 1. The van der Waals surface area contributed by atoms with Crippen molar-refractivity contribution in [2.75, 3.05) is 0 Å². The smallest absolute Gasteiger partial charge is 0.263 e. The first-order valence-corrected chi connectivity index (χ1v) is 12.9. The number of Topliss-reactive ketones (excluding diaryl/α,β-unsaturated/α-hetero) is 1. The Morgan fingerprint density at radius 1 is 1.12 bits per heavy atom. The van der Waals surface area contributed by atoms with Crippen molar-refractivity contribution in [3.05, 3.63) is 38.8 Å². The first kappa shape index (κ1) is 27.6. The normalized spacial score (nSPS) is 17.6. The number of allylic oxidation sites excluding steroid dienone is 1. The summed E-state index contributed by atoms with van der Waals surface area (Å²) in [6.07, 6.45) is 7.54. The molecule has 0 aromatic carbocycles. The van der Waals surface area contributed by atoms with Gasteiger partial charge in [-0.1, -0.05) is 59.8 Å². The van der Waals surface area contributed by atoms with Crippen LogP contribution in [0.5, 0.6) is 0 Å². The molecule has 1 N–H and O–H groups in total. The predicted octanol–water partition coefficient (Wildman–Crippen LogP) is 5.69. The summed E-state index contributed by atoms with van der Waals surface area (Å²) in [7, 11) is 0. The highest BCUT2D eigenvalue weighted by Gasteiger charge is 2.44. The number of rotatable bonds is 7. The summed E-state index contributed by atoms with van der Waals surface area (Å²) in [4.78, 5) is 39.8. The molecule has 1 aromatic heterocycles. The molecule has 1 fully saturated rings. The Bertz CT molecular complexity index is 1050. The summed E-state index contributed by atoms with van der Waals surface area (Å²) in [5, 5.41) is 3.04. The van der Waals surface area contributed by atoms with Gasteiger partial charge in [0, 0.05) is 30.7 Å². The molecule has 0 saturated heterocycles. The van der Waals surface area contributed by atoms with E-state index in [0.29, 0.717) is 32.2 Å². The van der Waals surface area contributed by atoms with Crippen LogP contribution in [0.25, 0.3) is 6.08 Å². The Labute approximate surface area is 205 Å². The Hall–Kier alpha value is -2.61. The van der Waals surface area contributed by atoms with Gasteiger partial charge in [0.25, 0.3) is 11.5 Å². The molecule has 34 heavy (non-hydrogen) atoms. The zero-order valence-electron chi connectivity index (χ0n) is 22.2. The number of carbonyl (C=O) groups excluding carboxylic acids is 2. The van der Waals surface area contributed by atoms with Crippen LogP contribution in [0.4, 0.5) is 0 Å². The van der Waals surface area contributed by atoms with E-state index in [1.807, 2.05) is 33.8 Å². The quantitative estimate of drug-likeness (QED) is 0.525. The molecule has 0 unspecified atom stereocenters. The molecule has 0 atom stereocenters. The Morgan fingerprint density at radius 3 is 2.35 bits per heavy atom. The second-order valence-electron chi connectivity index (χ2n) is 10.1. The molecule has 1 amide bonds. The van der Waals surface area contributed by atoms with Crippen LogP contribution in [0.3, 0.4) is 0 Å². The Balaban J connectivity index is 0.00000199. The highest BCUT2D eigenvalue weighted by Crippen LogP contribution is 2.41. The first-order chi connectivity index (χ1) is 16.1. The summed E-state index contributed by atoms with van der Waals surface area (Å²) in [5.41, 5.74) is 1.71. The van der Waals surface area contributed by atoms with Gasteiger partial charge in [-0.3, -0.25) is 14.4 Å². The molecule has 5 nitrogen and oxygen atoms in total. The minimum absolute atomic E-state index is 0.0480. The van der Waals surface area contributed by atoms with E-state index >= 15 is 0 Å². The van der Waals surface area contributed by atoms with Gasteiger partial charge in [0.1, 0.15) is 5.56 Å². The van der Waals surface area contributed by atoms with Crippen molar-refractivity contribution in [1.29, 1.82) is 0 Å². The maximum atomic E-state index is 13.5. The van der Waals surface area contributed by atoms with Crippen LogP contribution in [-0.2, 0) is 17.8 Å². The van der Waals surface area contributed by atoms with E-state index in [9.17, 15) is 14.4 Å². The molecular weight excluding hydrogens is 424 g/mol. The average molecular weight is 467 g/mol. The highest BCUT2D eigenvalue weighted by molar-refractivity contribution is 6.00. The maximum Gasteiger partial charge on any atom is 0.263 e. The molecule has 5 heteroatoms. The third kappa shape index (κ3) is 6.09. The molecule has 3 rings (SSSR count). The number of carbonyl (C=O) groups is 2. The summed E-state index contributed by atoms with van der Waals surface area (Å²) in [5.74, 6) is 5.83. The molecule has 0 spiro atoms. The van der Waals surface area contributed by atoms with Gasteiger partial charge >= 0.3 is 0 Å². The number of nitrogens with zero attached hydrogens (tertiary/aromatic N) is 1. The van der Waals surface area contributed by atoms with Crippen molar-refractivity contribution in [2.45, 2.75) is 112 Å². The van der Waals surface area contributed by atoms with Gasteiger partial charge in [-0.15, -0.1) is 0 Å². The van der Waals surface area contributed by atoms with Crippen molar-refractivity contribution in [2.24, 2.45) is 5.41 Å². The van der Waals surface area contributed by atoms with Crippen LogP contribution in [-0.4, -0.2) is 21.8 Å². The first-order valence-electron chi connectivity index (χ1n) is 12.9. The lowest BCUT2D eigenvalue weighted by atomic mass is 9.67. The van der Waals surface area contributed by atoms with E-state index in [0.717, 1.165) is 42.5 Å². The summed E-state index contributed by atoms with van der Waals surface area (Å²) < 4.78 is 1.71. The van der Waals surface area contributed by atoms with Gasteiger partial charge in [0.2, 0.25) is 0 Å². The van der Waals surface area contributed by atoms with Crippen LogP contribution in [0.1, 0.15) is 115 Å². The molecule has 0 bridgehead atoms. The fraction of sp³-hybridized carbons (Fsp3) is 0.621. The standard InChI is InChI=1S/C27H36N2O3.C2H6/c1-6-8-16-29-22-17-19(3)10-9-11-20(22)18-21(25(29)32)24(31)28-27(23(30)7-2)14-12-26(4,5)13-15-27;1-2/h17-18H,6-8,11-16H2,1-5H3,(H,28,31);1-2H3. The van der Waals surface area contributed by atoms with E-state index in [1.165, 1.54) is 0 Å². The van der Waals surface area contributed by atoms with E-state index in [4.69, 9.17) is 0 Å². The fourth-order valence-corrected chi connectivity index (χ4v) is 4.72. The fourth-order valence-electron chi connectivity index (χ4n) is 4.72. The lowest BCUT2D eigenvalue weighted by molar-refractivity contribution is -0.127. The number of hydrogen-bond donors (Lipinski definition) is 1. The predicted molar refractivity (Wildman–Crippen MR) is 140 cm³/mol. The number of pyridine rings is 1. The Kier molecular flexibility index (Phi) is 9.50. The van der Waals surface area contributed by atoms with Crippen molar-refractivity contribution < 1.29 is 9.59 Å². The summed E-state index contributed by atoms with van der Waals surface area (Å²) >= 11 is 0. The largest absolute Gasteiger partial charge is 0.339 e. The molecule has 1 heterocycles. The number of unbranched alkanes of at least 4 members (excludes halogenated alkanes) is 1. The molecule has 2 aliphatic carbocycles. The van der Waals surface area contributed by atoms with Crippen LogP contribution >= 0.6 is 0 Å². The number of aromatic nitrogens is 1. The van der Waals surface area contributed by atoms with Crippen molar-refractivity contribution in [3.8, 4) is 11.8 Å². The second-order valence-corrected chi connectivity index (χ2v) is 10.1. The molecule has 1 aromatic rings. The number of fused-ring (bicyclic) bond motifs is 1. The number of nitrogens with one attached hydrogen (secondary N) is 1. The van der Waals surface area contributed by atoms with Crippen LogP contribution in [0.2, 0.25) is 0 Å². The summed E-state index contributed by atoms with van der Waals surface area (Å²) in [6.45, 7) is 14.8. The molecule has 0 aliphatic heterocycles. The van der Waals surface area contributed by atoms with E-state index < -0.39 is 11.4 Å². The molecule has 186 valence electrons. The summed E-state index contributed by atoms with van der Waals surface area (Å²) in [6, 6.07) is 1.69. The van der Waals surface area contributed by atoms with E-state index in [-0.39, 0.29) is 22.3 Å². The number of amides is 1. The van der Waals surface area contributed by atoms with E-state index in [2.05, 4.69) is 37.9 Å². The maximum absolute atomic E-state index is 13.5. The number of hydrogen-bond acceptors (Lipinski definition) is 3. The van der Waals surface area contributed by atoms with Crippen molar-refractivity contribution in [3.63, 3.8) is 0 Å². The molecule has 1 saturated carbocycles. The Morgan fingerprint density at radius 2 is 1.76 bits per heavy atom. The molecule has 2 aliphatic rings. The minimum Gasteiger partial charge on any atom is -0.339 e. The van der Waals surface area contributed by atoms with Gasteiger partial charge < -0.3 is 9.88 Å². The third-order valence-corrected chi connectivity index (χ3v) is 6.98. The lowest BCUT2D eigenvalue weighted by Crippen LogP contribution is -2.57. The second kappa shape index (κ2) is 11.7. The van der Waals surface area contributed by atoms with Gasteiger partial charge in [0.15, 0.2) is 5.78 Å². The molecule has 0 radical (unpaired) electrons. The van der Waals surface area contributed by atoms with Crippen LogP contribution in [0, 0.1) is 17.3 Å². The lowest BCUT2D eigenvalue weighted by Gasteiger charge is -2.43. The van der Waals surface area contributed by atoms with Gasteiger partial charge in [-0.2, -0.15) is 0 Å². The topological polar surface area (TPSA) is 68.2 Å². The van der Waals surface area contributed by atoms with Gasteiger partial charge in [0.05, 0.1) is 5.54 Å². The van der Waals surface area contributed by atoms with Crippen molar-refractivity contribution in [1.82, 2.24) is 9.88 Å². The van der Waals surface area contributed by atoms with Crippen LogP contribution < -0.4 is 10.9 Å². The third-order valence-electron chi connectivity index (χ3n) is 6.98. The van der Waals surface area contributed by atoms with Crippen LogP contribution in [0.15, 0.2) is 16.4 Å². The average Bonchev–Trinajstić information content (AvgIpc) is 3.01. The van der Waals surface area contributed by atoms with E-state index in [1.54, 1.807) is 10.6 Å². The monoisotopic (exact) mass is 466 g/mol. The van der Waals surface area contributed by atoms with Crippen molar-refractivity contribution >= 4 is 17.8 Å². The zero-order chi connectivity index (χ0) is 25.5. The minimum atomic E-state index is -0.884. The van der Waals surface area contributed by atoms with Gasteiger partial charge in [-0.25, -0.2) is 0 Å². The zero-order valence-corrected chi connectivity index (χ0v) is 22.2. The van der Waals surface area contributed by atoms with Gasteiger partial charge in [-0.05, 0) is 62.1 Å². The SMILES string of the molecule is CC.CCCCn1c2c(cc(C(=O)NC3(C(=O)CC)CCC(C)(C)CC3)c1=O)CC#CC(C)=C2.